The van der Waals surface area contributed by atoms with E-state index in [9.17, 15) is 13.2 Å². The van der Waals surface area contributed by atoms with Crippen molar-refractivity contribution in [1.82, 2.24) is 0 Å². The number of ether oxygens (including phenoxy) is 1. The zero-order valence-electron chi connectivity index (χ0n) is 11.5. The molecule has 0 spiro atoms. The van der Waals surface area contributed by atoms with Crippen molar-refractivity contribution in [2.24, 2.45) is 5.14 Å². The lowest BCUT2D eigenvalue weighted by Crippen LogP contribution is -2.24. The first-order valence-electron chi connectivity index (χ1n) is 5.75. The fourth-order valence-corrected chi connectivity index (χ4v) is 2.79. The number of rotatable bonds is 4. The molecule has 112 valence electrons. The number of sulfonamides is 1. The van der Waals surface area contributed by atoms with Crippen LogP contribution in [0.5, 0.6) is 0 Å². The van der Waals surface area contributed by atoms with E-state index in [1.165, 1.54) is 12.1 Å². The summed E-state index contributed by atoms with van der Waals surface area (Å²) in [6.07, 6.45) is 0. The number of anilines is 1. The fraction of sp³-hybridized carbons (Fsp3) is 0.417. The van der Waals surface area contributed by atoms with Gasteiger partial charge in [0.05, 0.1) is 10.6 Å². The summed E-state index contributed by atoms with van der Waals surface area (Å²) in [4.78, 5) is 12.0. The van der Waals surface area contributed by atoms with Crippen LogP contribution < -0.4 is 10.9 Å². The van der Waals surface area contributed by atoms with Crippen molar-refractivity contribution in [1.29, 1.82) is 0 Å². The van der Waals surface area contributed by atoms with Crippen LogP contribution in [0.15, 0.2) is 28.0 Å². The molecule has 0 bridgehead atoms. The van der Waals surface area contributed by atoms with Gasteiger partial charge in [0.15, 0.2) is 0 Å². The highest BCUT2D eigenvalue weighted by molar-refractivity contribution is 8.00. The molecule has 1 aromatic carbocycles. The van der Waals surface area contributed by atoms with E-state index >= 15 is 0 Å². The van der Waals surface area contributed by atoms with Gasteiger partial charge in [-0.2, -0.15) is 0 Å². The minimum atomic E-state index is -3.82. The van der Waals surface area contributed by atoms with Crippen molar-refractivity contribution in [3.63, 3.8) is 0 Å². The summed E-state index contributed by atoms with van der Waals surface area (Å²) in [7, 11) is -3.82. The lowest BCUT2D eigenvalue weighted by molar-refractivity contribution is -0.151. The molecule has 1 aromatic rings. The average Bonchev–Trinajstić information content (AvgIpc) is 2.22. The third-order valence-electron chi connectivity index (χ3n) is 2.01. The Hall–Kier alpha value is -1.25. The lowest BCUT2D eigenvalue weighted by atomic mass is 10.2. The molecule has 0 fully saturated rings. The number of nitrogens with two attached hydrogens (primary N) is 2. The molecule has 0 heterocycles. The van der Waals surface area contributed by atoms with Gasteiger partial charge in [-0.05, 0) is 39.0 Å². The molecule has 0 saturated carbocycles. The Morgan fingerprint density at radius 3 is 2.40 bits per heavy atom. The molecule has 0 aliphatic carbocycles. The molecule has 0 unspecified atom stereocenters. The van der Waals surface area contributed by atoms with Gasteiger partial charge in [0.1, 0.15) is 5.60 Å². The SMILES string of the molecule is CC(C)(C)OC(=O)CSc1cc(N)cc(S(N)(=O)=O)c1. The molecule has 1 rings (SSSR count). The van der Waals surface area contributed by atoms with E-state index in [1.807, 2.05) is 0 Å². The van der Waals surface area contributed by atoms with E-state index in [1.54, 1.807) is 26.8 Å². The van der Waals surface area contributed by atoms with Crippen molar-refractivity contribution < 1.29 is 17.9 Å². The minimum absolute atomic E-state index is 0.0603. The molecule has 0 atom stereocenters. The number of thioether (sulfide) groups is 1. The number of hydrogen-bond donors (Lipinski definition) is 2. The summed E-state index contributed by atoms with van der Waals surface area (Å²) in [5, 5.41) is 5.05. The molecule has 0 saturated heterocycles. The predicted octanol–water partition coefficient (Wildman–Crippen LogP) is 1.35. The minimum Gasteiger partial charge on any atom is -0.459 e. The highest BCUT2D eigenvalue weighted by Gasteiger charge is 2.17. The van der Waals surface area contributed by atoms with Crippen LogP contribution in [0.2, 0.25) is 0 Å². The smallest absolute Gasteiger partial charge is 0.316 e. The topological polar surface area (TPSA) is 112 Å². The van der Waals surface area contributed by atoms with Gasteiger partial charge >= 0.3 is 5.97 Å². The number of carbonyl (C=O) groups is 1. The largest absolute Gasteiger partial charge is 0.459 e. The summed E-state index contributed by atoms with van der Waals surface area (Å²) in [5.74, 6) is -0.327. The van der Waals surface area contributed by atoms with Crippen LogP contribution >= 0.6 is 11.8 Å². The van der Waals surface area contributed by atoms with E-state index in [2.05, 4.69) is 0 Å². The first-order valence-corrected chi connectivity index (χ1v) is 8.28. The average molecular weight is 318 g/mol. The second-order valence-electron chi connectivity index (χ2n) is 5.16. The van der Waals surface area contributed by atoms with Crippen molar-refractivity contribution in [3.05, 3.63) is 18.2 Å². The Kier molecular flexibility index (Phi) is 5.06. The van der Waals surface area contributed by atoms with Crippen LogP contribution in [0, 0.1) is 0 Å². The molecule has 0 amide bonds. The van der Waals surface area contributed by atoms with Gasteiger partial charge < -0.3 is 10.5 Å². The monoisotopic (exact) mass is 318 g/mol. The zero-order valence-corrected chi connectivity index (χ0v) is 13.2. The second-order valence-corrected chi connectivity index (χ2v) is 7.77. The molecule has 4 N–H and O–H groups in total. The molecule has 0 aromatic heterocycles. The Morgan fingerprint density at radius 1 is 1.30 bits per heavy atom. The number of primary sulfonamides is 1. The second kappa shape index (κ2) is 6.02. The highest BCUT2D eigenvalue weighted by Crippen LogP contribution is 2.25. The van der Waals surface area contributed by atoms with Crippen LogP contribution in [0.3, 0.4) is 0 Å². The molecular weight excluding hydrogens is 300 g/mol. The van der Waals surface area contributed by atoms with Crippen molar-refractivity contribution in [2.75, 3.05) is 11.5 Å². The third-order valence-corrected chi connectivity index (χ3v) is 3.85. The maximum atomic E-state index is 11.6. The van der Waals surface area contributed by atoms with E-state index in [4.69, 9.17) is 15.6 Å². The number of esters is 1. The Balaban J connectivity index is 2.79. The first-order chi connectivity index (χ1) is 8.97. The Bertz CT molecular complexity index is 606. The van der Waals surface area contributed by atoms with Crippen molar-refractivity contribution >= 4 is 33.4 Å². The van der Waals surface area contributed by atoms with Gasteiger partial charge in [-0.15, -0.1) is 11.8 Å². The lowest BCUT2D eigenvalue weighted by Gasteiger charge is -2.19. The van der Waals surface area contributed by atoms with Crippen molar-refractivity contribution in [3.8, 4) is 0 Å². The maximum absolute atomic E-state index is 11.6. The molecule has 8 heteroatoms. The number of carbonyl (C=O) groups excluding carboxylic acids is 1. The zero-order chi connectivity index (χ0) is 15.6. The molecule has 6 nitrogen and oxygen atoms in total. The Morgan fingerprint density at radius 2 is 1.90 bits per heavy atom. The number of nitrogen functional groups attached to an aromatic ring is 1. The third kappa shape index (κ3) is 5.81. The van der Waals surface area contributed by atoms with Gasteiger partial charge in [0, 0.05) is 10.6 Å². The van der Waals surface area contributed by atoms with Gasteiger partial charge in [-0.3, -0.25) is 4.79 Å². The molecule has 0 aliphatic heterocycles. The fourth-order valence-electron chi connectivity index (χ4n) is 1.35. The van der Waals surface area contributed by atoms with Crippen LogP contribution in [0.1, 0.15) is 20.8 Å². The molecule has 0 radical (unpaired) electrons. The van der Waals surface area contributed by atoms with E-state index in [-0.39, 0.29) is 22.3 Å². The van der Waals surface area contributed by atoms with Crippen molar-refractivity contribution in [2.45, 2.75) is 36.2 Å². The molecule has 20 heavy (non-hydrogen) atoms. The molecule has 0 aliphatic rings. The summed E-state index contributed by atoms with van der Waals surface area (Å²) in [6.45, 7) is 5.32. The predicted molar refractivity (Wildman–Crippen MR) is 78.8 cm³/mol. The summed E-state index contributed by atoms with van der Waals surface area (Å²) >= 11 is 1.14. The normalized spacial score (nSPS) is 12.2. The van der Waals surface area contributed by atoms with Gasteiger partial charge in [-0.25, -0.2) is 13.6 Å². The first kappa shape index (κ1) is 16.8. The van der Waals surface area contributed by atoms with Crippen LogP contribution in [-0.4, -0.2) is 25.7 Å². The van der Waals surface area contributed by atoms with E-state index < -0.39 is 15.6 Å². The van der Waals surface area contributed by atoms with E-state index in [0.29, 0.717) is 4.90 Å². The maximum Gasteiger partial charge on any atom is 0.316 e. The van der Waals surface area contributed by atoms with E-state index in [0.717, 1.165) is 11.8 Å². The number of benzene rings is 1. The quantitative estimate of drug-likeness (QED) is 0.492. The molecular formula is C12H18N2O4S2. The standard InChI is InChI=1S/C12H18N2O4S2/c1-12(2,3)18-11(15)7-19-9-4-8(13)5-10(6-9)20(14,16)17/h4-6H,7,13H2,1-3H3,(H2,14,16,17). The van der Waals surface area contributed by atoms with Gasteiger partial charge in [0.2, 0.25) is 10.0 Å². The summed E-state index contributed by atoms with van der Waals surface area (Å²) in [5.41, 5.74) is 5.33. The number of hydrogen-bond acceptors (Lipinski definition) is 6. The summed E-state index contributed by atoms with van der Waals surface area (Å²) in [6, 6.07) is 4.22. The van der Waals surface area contributed by atoms with Crippen LogP contribution in [0.4, 0.5) is 5.69 Å². The summed E-state index contributed by atoms with van der Waals surface area (Å²) < 4.78 is 27.7. The van der Waals surface area contributed by atoms with Gasteiger partial charge in [-0.1, -0.05) is 0 Å². The van der Waals surface area contributed by atoms with Crippen LogP contribution in [0.25, 0.3) is 0 Å². The van der Waals surface area contributed by atoms with Crippen LogP contribution in [-0.2, 0) is 19.6 Å². The van der Waals surface area contributed by atoms with Gasteiger partial charge in [0.25, 0.3) is 0 Å². The highest BCUT2D eigenvalue weighted by atomic mass is 32.2. The Labute approximate surface area is 122 Å².